The number of benzene rings is 2. The van der Waals surface area contributed by atoms with E-state index in [1.54, 1.807) is 54.6 Å². The maximum atomic E-state index is 12.6. The van der Waals surface area contributed by atoms with Crippen molar-refractivity contribution in [3.8, 4) is 11.8 Å². The SMILES string of the molecule is COc1ccccc1C(=O)Nc1n[nH]c2sc(C(=O)Nc3ccc(C#N)cc3)cc12. The van der Waals surface area contributed by atoms with Crippen molar-refractivity contribution in [1.29, 1.82) is 5.26 Å². The van der Waals surface area contributed by atoms with Crippen molar-refractivity contribution in [2.75, 3.05) is 17.7 Å². The van der Waals surface area contributed by atoms with Crippen LogP contribution >= 0.6 is 11.3 Å². The quantitative estimate of drug-likeness (QED) is 0.453. The molecule has 0 saturated carbocycles. The molecule has 0 radical (unpaired) electrons. The van der Waals surface area contributed by atoms with E-state index in [1.165, 1.54) is 18.4 Å². The minimum atomic E-state index is -0.365. The molecule has 2 aromatic carbocycles. The van der Waals surface area contributed by atoms with Crippen LogP contribution in [-0.2, 0) is 0 Å². The molecule has 9 heteroatoms. The van der Waals surface area contributed by atoms with E-state index < -0.39 is 0 Å². The van der Waals surface area contributed by atoms with Gasteiger partial charge in [-0.1, -0.05) is 12.1 Å². The molecule has 4 rings (SSSR count). The number of carbonyl (C=O) groups is 2. The van der Waals surface area contributed by atoms with Crippen LogP contribution in [0, 0.1) is 11.3 Å². The molecule has 0 aliphatic rings. The van der Waals surface area contributed by atoms with Gasteiger partial charge in [-0.25, -0.2) is 0 Å². The van der Waals surface area contributed by atoms with E-state index in [4.69, 9.17) is 10.00 Å². The number of hydrogen-bond acceptors (Lipinski definition) is 6. The molecular weight excluding hydrogens is 402 g/mol. The summed E-state index contributed by atoms with van der Waals surface area (Å²) < 4.78 is 5.22. The molecule has 8 nitrogen and oxygen atoms in total. The maximum Gasteiger partial charge on any atom is 0.265 e. The van der Waals surface area contributed by atoms with Crippen LogP contribution in [0.4, 0.5) is 11.5 Å². The zero-order chi connectivity index (χ0) is 21.1. The van der Waals surface area contributed by atoms with Crippen LogP contribution in [0.1, 0.15) is 25.6 Å². The second-order valence-corrected chi connectivity index (χ2v) is 7.28. The highest BCUT2D eigenvalue weighted by Gasteiger charge is 2.18. The Morgan fingerprint density at radius 3 is 2.60 bits per heavy atom. The predicted molar refractivity (Wildman–Crippen MR) is 114 cm³/mol. The van der Waals surface area contributed by atoms with E-state index >= 15 is 0 Å². The van der Waals surface area contributed by atoms with Gasteiger partial charge in [0.2, 0.25) is 0 Å². The van der Waals surface area contributed by atoms with Crippen molar-refractivity contribution in [2.45, 2.75) is 0 Å². The summed E-state index contributed by atoms with van der Waals surface area (Å²) in [5.74, 6) is 0.121. The van der Waals surface area contributed by atoms with Crippen LogP contribution in [0.15, 0.2) is 54.6 Å². The Morgan fingerprint density at radius 1 is 1.10 bits per heavy atom. The van der Waals surface area contributed by atoms with Crippen LogP contribution in [0.2, 0.25) is 0 Å². The average molecular weight is 417 g/mol. The maximum absolute atomic E-state index is 12.6. The van der Waals surface area contributed by atoms with Gasteiger partial charge >= 0.3 is 0 Å². The van der Waals surface area contributed by atoms with Crippen molar-refractivity contribution in [1.82, 2.24) is 10.2 Å². The molecule has 0 atom stereocenters. The molecule has 0 unspecified atom stereocenters. The molecule has 30 heavy (non-hydrogen) atoms. The number of amides is 2. The standard InChI is InChI=1S/C21H15N5O3S/c1-29-16-5-3-2-4-14(16)19(27)24-18-15-10-17(30-21(15)26-25-18)20(28)23-13-8-6-12(11-22)7-9-13/h2-10H,1H3,(H,23,28)(H2,24,25,26,27). The summed E-state index contributed by atoms with van der Waals surface area (Å²) in [4.78, 5) is 26.3. The Morgan fingerprint density at radius 2 is 1.87 bits per heavy atom. The molecule has 0 fully saturated rings. The number of nitrogens with zero attached hydrogens (tertiary/aromatic N) is 2. The van der Waals surface area contributed by atoms with Crippen LogP contribution in [-0.4, -0.2) is 29.1 Å². The third-order valence-corrected chi connectivity index (χ3v) is 5.37. The summed E-state index contributed by atoms with van der Waals surface area (Å²) in [6.45, 7) is 0. The van der Waals surface area contributed by atoms with E-state index in [1.807, 2.05) is 6.07 Å². The number of hydrogen-bond donors (Lipinski definition) is 3. The molecule has 4 aromatic rings. The highest BCUT2D eigenvalue weighted by atomic mass is 32.1. The van der Waals surface area contributed by atoms with E-state index in [9.17, 15) is 9.59 Å². The molecule has 3 N–H and O–H groups in total. The fourth-order valence-electron chi connectivity index (χ4n) is 2.85. The van der Waals surface area contributed by atoms with Crippen molar-refractivity contribution in [3.05, 3.63) is 70.6 Å². The predicted octanol–water partition coefficient (Wildman–Crippen LogP) is 4.01. The molecule has 0 spiro atoms. The number of para-hydroxylation sites is 1. The van der Waals surface area contributed by atoms with Gasteiger partial charge in [-0.05, 0) is 42.5 Å². The number of H-pyrrole nitrogens is 1. The van der Waals surface area contributed by atoms with E-state index in [0.29, 0.717) is 43.5 Å². The van der Waals surface area contributed by atoms with Gasteiger partial charge in [0.05, 0.1) is 34.6 Å². The number of nitrogens with one attached hydrogen (secondary N) is 3. The van der Waals surface area contributed by atoms with Gasteiger partial charge in [-0.15, -0.1) is 11.3 Å². The summed E-state index contributed by atoms with van der Waals surface area (Å²) in [6.07, 6.45) is 0. The molecule has 2 amide bonds. The van der Waals surface area contributed by atoms with Gasteiger partial charge in [-0.3, -0.25) is 14.7 Å². The lowest BCUT2D eigenvalue weighted by Crippen LogP contribution is -2.13. The van der Waals surface area contributed by atoms with Crippen molar-refractivity contribution in [3.63, 3.8) is 0 Å². The lowest BCUT2D eigenvalue weighted by Gasteiger charge is -2.07. The van der Waals surface area contributed by atoms with Gasteiger partial charge in [-0.2, -0.15) is 10.4 Å². The largest absolute Gasteiger partial charge is 0.496 e. The Balaban J connectivity index is 1.53. The van der Waals surface area contributed by atoms with Crippen LogP contribution in [0.5, 0.6) is 5.75 Å². The van der Waals surface area contributed by atoms with E-state index in [2.05, 4.69) is 20.8 Å². The summed E-state index contributed by atoms with van der Waals surface area (Å²) in [5, 5.41) is 22.0. The number of rotatable bonds is 5. The second-order valence-electron chi connectivity index (χ2n) is 6.22. The van der Waals surface area contributed by atoms with Gasteiger partial charge in [0.15, 0.2) is 5.82 Å². The monoisotopic (exact) mass is 417 g/mol. The number of aromatic amines is 1. The first kappa shape index (κ1) is 19.2. The zero-order valence-electron chi connectivity index (χ0n) is 15.7. The molecule has 0 aliphatic carbocycles. The molecule has 2 heterocycles. The van der Waals surface area contributed by atoms with Gasteiger partial charge < -0.3 is 15.4 Å². The summed E-state index contributed by atoms with van der Waals surface area (Å²) in [6, 6.07) is 17.2. The number of anilines is 2. The van der Waals surface area contributed by atoms with E-state index in [0.717, 1.165) is 0 Å². The lowest BCUT2D eigenvalue weighted by molar-refractivity contribution is 0.101. The van der Waals surface area contributed by atoms with Crippen molar-refractivity contribution in [2.24, 2.45) is 0 Å². The molecule has 0 bridgehead atoms. The van der Waals surface area contributed by atoms with Gasteiger partial charge in [0, 0.05) is 5.69 Å². The Kier molecular flexibility index (Phi) is 5.15. The highest BCUT2D eigenvalue weighted by molar-refractivity contribution is 7.20. The van der Waals surface area contributed by atoms with Crippen molar-refractivity contribution < 1.29 is 14.3 Å². The first-order chi connectivity index (χ1) is 14.6. The van der Waals surface area contributed by atoms with Crippen molar-refractivity contribution >= 4 is 44.9 Å². The number of ether oxygens (including phenoxy) is 1. The van der Waals surface area contributed by atoms with Crippen LogP contribution in [0.25, 0.3) is 10.2 Å². The highest BCUT2D eigenvalue weighted by Crippen LogP contribution is 2.30. The minimum absolute atomic E-state index is 0.295. The van der Waals surface area contributed by atoms with Crippen LogP contribution < -0.4 is 15.4 Å². The molecule has 0 saturated heterocycles. The lowest BCUT2D eigenvalue weighted by atomic mass is 10.2. The average Bonchev–Trinajstić information content (AvgIpc) is 3.36. The molecule has 148 valence electrons. The minimum Gasteiger partial charge on any atom is -0.496 e. The second kappa shape index (κ2) is 8.06. The number of carbonyl (C=O) groups excluding carboxylic acids is 2. The normalized spacial score (nSPS) is 10.4. The fourth-order valence-corrected chi connectivity index (χ4v) is 3.75. The summed E-state index contributed by atoms with van der Waals surface area (Å²) in [7, 11) is 1.50. The zero-order valence-corrected chi connectivity index (χ0v) is 16.5. The third-order valence-electron chi connectivity index (χ3n) is 4.34. The van der Waals surface area contributed by atoms with E-state index in [-0.39, 0.29) is 11.8 Å². The smallest absolute Gasteiger partial charge is 0.265 e. The third kappa shape index (κ3) is 3.72. The van der Waals surface area contributed by atoms with Gasteiger partial charge in [0.1, 0.15) is 10.6 Å². The Labute approximate surface area is 175 Å². The Hall–Kier alpha value is -4.16. The Bertz CT molecular complexity index is 1280. The topological polar surface area (TPSA) is 120 Å². The summed E-state index contributed by atoms with van der Waals surface area (Å²) >= 11 is 1.23. The van der Waals surface area contributed by atoms with Crippen LogP contribution in [0.3, 0.4) is 0 Å². The number of nitriles is 1. The first-order valence-corrected chi connectivity index (χ1v) is 9.64. The fraction of sp³-hybridized carbons (Fsp3) is 0.0476. The first-order valence-electron chi connectivity index (χ1n) is 8.83. The number of fused-ring (bicyclic) bond motifs is 1. The number of aromatic nitrogens is 2. The number of methoxy groups -OCH3 is 1. The molecule has 0 aliphatic heterocycles. The molecular formula is C21H15N5O3S. The molecule has 2 aromatic heterocycles. The van der Waals surface area contributed by atoms with Gasteiger partial charge in [0.25, 0.3) is 11.8 Å². The number of thiophene rings is 1. The summed E-state index contributed by atoms with van der Waals surface area (Å²) in [5.41, 5.74) is 1.47.